The van der Waals surface area contributed by atoms with E-state index >= 15 is 0 Å². The molecule has 0 fully saturated rings. The van der Waals surface area contributed by atoms with Gasteiger partial charge < -0.3 is 4.90 Å². The highest BCUT2D eigenvalue weighted by Crippen LogP contribution is 2.39. The highest BCUT2D eigenvalue weighted by Gasteiger charge is 2.16. The van der Waals surface area contributed by atoms with E-state index in [1.54, 1.807) is 0 Å². The molecule has 0 saturated heterocycles. The van der Waals surface area contributed by atoms with Gasteiger partial charge in [0.05, 0.1) is 11.1 Å². The van der Waals surface area contributed by atoms with Crippen LogP contribution >= 0.6 is 0 Å². The lowest BCUT2D eigenvalue weighted by atomic mass is 9.89. The average Bonchev–Trinajstić information content (AvgIpc) is 3.11. The molecule has 3 heteroatoms. The van der Waals surface area contributed by atoms with Gasteiger partial charge in [0.2, 0.25) is 0 Å². The van der Waals surface area contributed by atoms with E-state index in [9.17, 15) is 10.5 Å². The van der Waals surface area contributed by atoms with Gasteiger partial charge in [0.15, 0.2) is 0 Å². The molecule has 214 valence electrons. The Kier molecular flexibility index (Phi) is 6.46. The van der Waals surface area contributed by atoms with E-state index in [0.29, 0.717) is 11.1 Å². The fourth-order valence-electron chi connectivity index (χ4n) is 6.66. The van der Waals surface area contributed by atoms with Gasteiger partial charge in [-0.1, -0.05) is 103 Å². The van der Waals surface area contributed by atoms with Crippen molar-refractivity contribution in [3.63, 3.8) is 0 Å². The molecule has 0 amide bonds. The molecule has 8 aromatic carbocycles. The first-order valence-corrected chi connectivity index (χ1v) is 15.3. The van der Waals surface area contributed by atoms with E-state index in [1.165, 1.54) is 10.8 Å². The molecule has 0 saturated carbocycles. The molecule has 0 unspecified atom stereocenters. The first kappa shape index (κ1) is 27.2. The molecule has 0 heterocycles. The number of rotatable bonds is 4. The summed E-state index contributed by atoms with van der Waals surface area (Å²) in [7, 11) is 0. The Balaban J connectivity index is 1.24. The van der Waals surface area contributed by atoms with Gasteiger partial charge in [0, 0.05) is 27.8 Å². The first-order chi connectivity index (χ1) is 22.6. The second-order valence-corrected chi connectivity index (χ2v) is 11.7. The SMILES string of the molecule is Cc1ccc2c(C#N)c(C#N)c3ccc(-c4ccc5cc(N(c6ccccc6)c6ccc7ccccc7c6)ccc5c4)cc3c2c1. The van der Waals surface area contributed by atoms with Crippen LogP contribution in [0.4, 0.5) is 17.1 Å². The van der Waals surface area contributed by atoms with Crippen molar-refractivity contribution < 1.29 is 0 Å². The number of aryl methyl sites for hydroxylation is 1. The van der Waals surface area contributed by atoms with Crippen LogP contribution in [0.2, 0.25) is 0 Å². The van der Waals surface area contributed by atoms with Crippen LogP contribution in [-0.2, 0) is 0 Å². The number of hydrogen-bond acceptors (Lipinski definition) is 3. The Morgan fingerprint density at radius 3 is 1.65 bits per heavy atom. The number of nitriles is 2. The van der Waals surface area contributed by atoms with Crippen LogP contribution in [0.3, 0.4) is 0 Å². The first-order valence-electron chi connectivity index (χ1n) is 15.3. The standard InChI is InChI=1S/C43H27N3/c1-28-11-19-38-40(21-28)41-25-34(16-20-39(41)43(27-45)42(38)26-44)31-12-13-33-24-37(18-15-32(33)22-31)46(35-9-3-2-4-10-35)36-17-14-29-7-5-6-8-30(29)23-36/h2-25H,1H3. The summed E-state index contributed by atoms with van der Waals surface area (Å²) in [5.41, 5.74) is 7.44. The number of anilines is 3. The van der Waals surface area contributed by atoms with Crippen molar-refractivity contribution in [2.75, 3.05) is 4.90 Å². The van der Waals surface area contributed by atoms with E-state index in [0.717, 1.165) is 66.1 Å². The van der Waals surface area contributed by atoms with Gasteiger partial charge in [-0.2, -0.15) is 10.5 Å². The number of hydrogen-bond donors (Lipinski definition) is 0. The number of benzene rings is 8. The maximum absolute atomic E-state index is 10.0. The van der Waals surface area contributed by atoms with Gasteiger partial charge in [-0.25, -0.2) is 0 Å². The summed E-state index contributed by atoms with van der Waals surface area (Å²) in [5, 5.41) is 28.3. The van der Waals surface area contributed by atoms with Crippen molar-refractivity contribution in [3.05, 3.63) is 162 Å². The van der Waals surface area contributed by atoms with Crippen LogP contribution in [0, 0.1) is 29.6 Å². The van der Waals surface area contributed by atoms with Crippen molar-refractivity contribution in [1.29, 1.82) is 10.5 Å². The van der Waals surface area contributed by atoms with Crippen molar-refractivity contribution in [1.82, 2.24) is 0 Å². The molecule has 0 N–H and O–H groups in total. The number of nitrogens with zero attached hydrogens (tertiary/aromatic N) is 3. The minimum atomic E-state index is 0.431. The molecule has 0 aliphatic rings. The van der Waals surface area contributed by atoms with Gasteiger partial charge >= 0.3 is 0 Å². The van der Waals surface area contributed by atoms with Gasteiger partial charge in [-0.15, -0.1) is 0 Å². The topological polar surface area (TPSA) is 50.8 Å². The van der Waals surface area contributed by atoms with E-state index in [1.807, 2.05) is 24.3 Å². The van der Waals surface area contributed by atoms with Crippen molar-refractivity contribution in [3.8, 4) is 23.3 Å². The molecule has 0 aliphatic carbocycles. The largest absolute Gasteiger partial charge is 0.310 e. The fraction of sp³-hybridized carbons (Fsp3) is 0.0233. The van der Waals surface area contributed by atoms with E-state index in [4.69, 9.17) is 0 Å². The smallest absolute Gasteiger partial charge is 0.101 e. The van der Waals surface area contributed by atoms with Crippen LogP contribution in [-0.4, -0.2) is 0 Å². The Morgan fingerprint density at radius 2 is 0.935 bits per heavy atom. The quantitative estimate of drug-likeness (QED) is 0.193. The van der Waals surface area contributed by atoms with Crippen LogP contribution in [0.25, 0.3) is 54.2 Å². The van der Waals surface area contributed by atoms with Gasteiger partial charge in [0.1, 0.15) is 12.1 Å². The summed E-state index contributed by atoms with van der Waals surface area (Å²) in [4.78, 5) is 2.30. The molecule has 8 aromatic rings. The minimum Gasteiger partial charge on any atom is -0.310 e. The summed E-state index contributed by atoms with van der Waals surface area (Å²) < 4.78 is 0. The zero-order valence-electron chi connectivity index (χ0n) is 25.2. The monoisotopic (exact) mass is 585 g/mol. The normalized spacial score (nSPS) is 11.1. The number of para-hydroxylation sites is 1. The summed E-state index contributed by atoms with van der Waals surface area (Å²) in [5.74, 6) is 0. The molecule has 8 rings (SSSR count). The van der Waals surface area contributed by atoms with E-state index in [2.05, 4.69) is 145 Å². The highest BCUT2D eigenvalue weighted by molar-refractivity contribution is 6.14. The van der Waals surface area contributed by atoms with Crippen molar-refractivity contribution in [2.45, 2.75) is 6.92 Å². The van der Waals surface area contributed by atoms with Crippen molar-refractivity contribution in [2.24, 2.45) is 0 Å². The molecule has 3 nitrogen and oxygen atoms in total. The van der Waals surface area contributed by atoms with Crippen LogP contribution < -0.4 is 4.90 Å². The molecule has 0 atom stereocenters. The van der Waals surface area contributed by atoms with Gasteiger partial charge in [-0.05, 0) is 98.9 Å². The zero-order chi connectivity index (χ0) is 31.2. The maximum Gasteiger partial charge on any atom is 0.101 e. The molecule has 0 bridgehead atoms. The van der Waals surface area contributed by atoms with Crippen molar-refractivity contribution >= 4 is 60.2 Å². The van der Waals surface area contributed by atoms with Gasteiger partial charge in [0.25, 0.3) is 0 Å². The number of fused-ring (bicyclic) bond motifs is 5. The lowest BCUT2D eigenvalue weighted by molar-refractivity contribution is 1.29. The third kappa shape index (κ3) is 4.51. The molecule has 0 aromatic heterocycles. The second-order valence-electron chi connectivity index (χ2n) is 11.7. The molecular formula is C43H27N3. The average molecular weight is 586 g/mol. The summed E-state index contributed by atoms with van der Waals surface area (Å²) >= 11 is 0. The molecule has 0 aliphatic heterocycles. The third-order valence-electron chi connectivity index (χ3n) is 8.92. The summed E-state index contributed by atoms with van der Waals surface area (Å²) in [6, 6.07) is 55.6. The van der Waals surface area contributed by atoms with E-state index < -0.39 is 0 Å². The highest BCUT2D eigenvalue weighted by atomic mass is 15.1. The summed E-state index contributed by atoms with van der Waals surface area (Å²) in [6.07, 6.45) is 0. The third-order valence-corrected chi connectivity index (χ3v) is 8.92. The predicted octanol–water partition coefficient (Wildman–Crippen LogP) is 11.5. The molecule has 0 radical (unpaired) electrons. The summed E-state index contributed by atoms with van der Waals surface area (Å²) in [6.45, 7) is 2.05. The fourth-order valence-corrected chi connectivity index (χ4v) is 6.66. The Hall–Kier alpha value is -6.42. The molecule has 0 spiro atoms. The minimum absolute atomic E-state index is 0.431. The molecule has 46 heavy (non-hydrogen) atoms. The van der Waals surface area contributed by atoms with E-state index in [-0.39, 0.29) is 0 Å². The lowest BCUT2D eigenvalue weighted by Gasteiger charge is -2.26. The van der Waals surface area contributed by atoms with Crippen LogP contribution in [0.5, 0.6) is 0 Å². The predicted molar refractivity (Wildman–Crippen MR) is 191 cm³/mol. The Bertz CT molecular complexity index is 2570. The maximum atomic E-state index is 10.0. The Labute approximate surface area is 267 Å². The second kappa shape index (κ2) is 10.9. The molecular weight excluding hydrogens is 558 g/mol. The van der Waals surface area contributed by atoms with Gasteiger partial charge in [-0.3, -0.25) is 0 Å². The lowest BCUT2D eigenvalue weighted by Crippen LogP contribution is -2.09. The zero-order valence-corrected chi connectivity index (χ0v) is 25.2. The van der Waals surface area contributed by atoms with Crippen LogP contribution in [0.1, 0.15) is 16.7 Å². The Morgan fingerprint density at radius 1 is 0.413 bits per heavy atom. The van der Waals surface area contributed by atoms with Crippen LogP contribution in [0.15, 0.2) is 146 Å².